The monoisotopic (exact) mass is 420 g/mol. The van der Waals surface area contributed by atoms with E-state index in [2.05, 4.69) is 17.6 Å². The van der Waals surface area contributed by atoms with Crippen LogP contribution in [0.25, 0.3) is 0 Å². The van der Waals surface area contributed by atoms with E-state index in [4.69, 9.17) is 0 Å². The molecule has 1 rings (SSSR count). The third kappa shape index (κ3) is 11.5. The van der Waals surface area contributed by atoms with E-state index < -0.39 is 10.9 Å². The first kappa shape index (κ1) is 26.4. The highest BCUT2D eigenvalue weighted by molar-refractivity contribution is 5.83. The lowest BCUT2D eigenvalue weighted by atomic mass is 10.0. The quantitative estimate of drug-likeness (QED) is 0.190. The van der Waals surface area contributed by atoms with E-state index in [0.717, 1.165) is 12.8 Å². The Hall–Kier alpha value is -1.65. The molecule has 0 aliphatic rings. The van der Waals surface area contributed by atoms with Crippen molar-refractivity contribution in [2.75, 3.05) is 23.7 Å². The Bertz CT molecular complexity index is 647. The van der Waals surface area contributed by atoms with Gasteiger partial charge in [-0.1, -0.05) is 103 Å². The zero-order chi connectivity index (χ0) is 22.0. The highest BCUT2D eigenvalue weighted by atomic mass is 16.2. The molecule has 0 radical (unpaired) electrons. The Balaban J connectivity index is 1.89. The fourth-order valence-electron chi connectivity index (χ4n) is 3.83. The zero-order valence-corrected chi connectivity index (χ0v) is 19.5. The fraction of sp³-hybridized carbons (Fsp3) is 0.800. The first-order valence-electron chi connectivity index (χ1n) is 12.4. The number of anilines is 2. The molecule has 0 heterocycles. The average molecular weight is 421 g/mol. The van der Waals surface area contributed by atoms with E-state index in [-0.39, 0.29) is 18.0 Å². The Morgan fingerprint density at radius 1 is 0.600 bits per heavy atom. The van der Waals surface area contributed by atoms with Gasteiger partial charge in [0.15, 0.2) is 0 Å². The lowest BCUT2D eigenvalue weighted by molar-refractivity contribution is -0.115. The Kier molecular flexibility index (Phi) is 15.0. The minimum atomic E-state index is -0.522. The predicted octanol–water partition coefficient (Wildman–Crippen LogP) is 5.96. The predicted molar refractivity (Wildman–Crippen MR) is 129 cm³/mol. The molecular formula is C25H44N2O3. The SMILES string of the molecule is CCCCCCCCCCCCCCCCCCNc1c(NCC(C)=O)c(=O)c1=O. The Labute approximate surface area is 183 Å². The molecule has 172 valence electrons. The van der Waals surface area contributed by atoms with Crippen molar-refractivity contribution in [3.05, 3.63) is 20.4 Å². The van der Waals surface area contributed by atoms with Crippen LogP contribution in [0, 0.1) is 0 Å². The number of nitrogens with one attached hydrogen (secondary N) is 2. The summed E-state index contributed by atoms with van der Waals surface area (Å²) in [5.74, 6) is -0.0631. The van der Waals surface area contributed by atoms with Crippen LogP contribution in [-0.4, -0.2) is 18.9 Å². The van der Waals surface area contributed by atoms with E-state index in [1.54, 1.807) is 0 Å². The largest absolute Gasteiger partial charge is 0.380 e. The van der Waals surface area contributed by atoms with Crippen LogP contribution < -0.4 is 21.5 Å². The summed E-state index contributed by atoms with van der Waals surface area (Å²) in [6.45, 7) is 4.49. The molecule has 0 aliphatic heterocycles. The number of hydrogen-bond donors (Lipinski definition) is 2. The molecule has 0 fully saturated rings. The maximum absolute atomic E-state index is 11.6. The second-order valence-electron chi connectivity index (χ2n) is 8.69. The van der Waals surface area contributed by atoms with Gasteiger partial charge >= 0.3 is 0 Å². The summed E-state index contributed by atoms with van der Waals surface area (Å²) in [5.41, 5.74) is -0.378. The van der Waals surface area contributed by atoms with E-state index in [1.807, 2.05) is 0 Å². The van der Waals surface area contributed by atoms with Crippen molar-refractivity contribution in [2.45, 2.75) is 117 Å². The third-order valence-electron chi connectivity index (χ3n) is 5.76. The van der Waals surface area contributed by atoms with Crippen LogP contribution in [-0.2, 0) is 4.79 Å². The number of carbonyl (C=O) groups excluding carboxylic acids is 1. The molecule has 5 heteroatoms. The molecule has 0 unspecified atom stereocenters. The van der Waals surface area contributed by atoms with Gasteiger partial charge in [0.1, 0.15) is 17.2 Å². The third-order valence-corrected chi connectivity index (χ3v) is 5.76. The zero-order valence-electron chi connectivity index (χ0n) is 19.5. The Morgan fingerprint density at radius 2 is 0.967 bits per heavy atom. The van der Waals surface area contributed by atoms with Gasteiger partial charge in [-0.3, -0.25) is 14.4 Å². The fourth-order valence-corrected chi connectivity index (χ4v) is 3.83. The van der Waals surface area contributed by atoms with E-state index in [0.29, 0.717) is 12.2 Å². The van der Waals surface area contributed by atoms with E-state index in [9.17, 15) is 14.4 Å². The number of Topliss-reactive ketones (excluding diaryl/α,β-unsaturated/α-hetero) is 1. The van der Waals surface area contributed by atoms with Gasteiger partial charge in [-0.2, -0.15) is 0 Å². The summed E-state index contributed by atoms with van der Waals surface area (Å²) in [4.78, 5) is 34.2. The standard InChI is InChI=1S/C25H44N2O3/c1-3-4-5-6-7-8-9-10-11-12-13-14-15-16-17-18-19-26-22-23(25(30)24(22)29)27-20-21(2)28/h26-27H,3-20H2,1-2H3. The normalized spacial score (nSPS) is 11.1. The maximum atomic E-state index is 11.6. The number of ketones is 1. The molecule has 0 atom stereocenters. The summed E-state index contributed by atoms with van der Waals surface area (Å²) >= 11 is 0. The smallest absolute Gasteiger partial charge is 0.253 e. The maximum Gasteiger partial charge on any atom is 0.253 e. The van der Waals surface area contributed by atoms with Gasteiger partial charge in [0, 0.05) is 6.54 Å². The molecule has 0 saturated heterocycles. The summed E-state index contributed by atoms with van der Waals surface area (Å²) in [6, 6.07) is 0. The molecule has 0 aromatic heterocycles. The van der Waals surface area contributed by atoms with Gasteiger partial charge in [-0.25, -0.2) is 0 Å². The topological polar surface area (TPSA) is 75.3 Å². The van der Waals surface area contributed by atoms with Crippen LogP contribution in [0.5, 0.6) is 0 Å². The molecular weight excluding hydrogens is 376 g/mol. The highest BCUT2D eigenvalue weighted by Crippen LogP contribution is 2.15. The number of hydrogen-bond acceptors (Lipinski definition) is 5. The highest BCUT2D eigenvalue weighted by Gasteiger charge is 2.20. The molecule has 5 nitrogen and oxygen atoms in total. The lowest BCUT2D eigenvalue weighted by Gasteiger charge is -2.14. The number of unbranched alkanes of at least 4 members (excludes halogenated alkanes) is 15. The summed E-state index contributed by atoms with van der Waals surface area (Å²) in [5, 5.41) is 5.81. The summed E-state index contributed by atoms with van der Waals surface area (Å²) in [7, 11) is 0. The molecule has 2 N–H and O–H groups in total. The minimum Gasteiger partial charge on any atom is -0.380 e. The van der Waals surface area contributed by atoms with E-state index >= 15 is 0 Å². The van der Waals surface area contributed by atoms with Gasteiger partial charge in [-0.15, -0.1) is 0 Å². The molecule has 0 saturated carbocycles. The van der Waals surface area contributed by atoms with Crippen molar-refractivity contribution in [1.29, 1.82) is 0 Å². The van der Waals surface area contributed by atoms with Crippen molar-refractivity contribution in [3.63, 3.8) is 0 Å². The lowest BCUT2D eigenvalue weighted by Crippen LogP contribution is -2.38. The first-order valence-corrected chi connectivity index (χ1v) is 12.4. The van der Waals surface area contributed by atoms with Gasteiger partial charge in [0.2, 0.25) is 0 Å². The Morgan fingerprint density at radius 3 is 1.37 bits per heavy atom. The molecule has 30 heavy (non-hydrogen) atoms. The second kappa shape index (κ2) is 17.1. The van der Waals surface area contributed by atoms with Crippen LogP contribution in [0.1, 0.15) is 117 Å². The van der Waals surface area contributed by atoms with E-state index in [1.165, 1.54) is 96.8 Å². The van der Waals surface area contributed by atoms with Crippen LogP contribution in [0.4, 0.5) is 11.4 Å². The van der Waals surface area contributed by atoms with Crippen LogP contribution in [0.3, 0.4) is 0 Å². The average Bonchev–Trinajstić information content (AvgIpc) is 2.73. The van der Waals surface area contributed by atoms with Crippen molar-refractivity contribution >= 4 is 17.2 Å². The summed E-state index contributed by atoms with van der Waals surface area (Å²) in [6.07, 6.45) is 21.3. The van der Waals surface area contributed by atoms with Crippen molar-refractivity contribution in [1.82, 2.24) is 0 Å². The molecule has 0 aliphatic carbocycles. The van der Waals surface area contributed by atoms with Crippen LogP contribution >= 0.6 is 0 Å². The number of rotatable bonds is 21. The van der Waals surface area contributed by atoms with Gasteiger partial charge in [0.25, 0.3) is 10.9 Å². The molecule has 0 bridgehead atoms. The molecule has 1 aromatic rings. The minimum absolute atomic E-state index is 0.0631. The molecule has 1 aromatic carbocycles. The van der Waals surface area contributed by atoms with Crippen molar-refractivity contribution < 1.29 is 4.79 Å². The van der Waals surface area contributed by atoms with Gasteiger partial charge < -0.3 is 10.6 Å². The van der Waals surface area contributed by atoms with Crippen LogP contribution in [0.2, 0.25) is 0 Å². The first-order chi connectivity index (χ1) is 14.6. The van der Waals surface area contributed by atoms with Gasteiger partial charge in [0.05, 0.1) is 6.54 Å². The second-order valence-corrected chi connectivity index (χ2v) is 8.69. The molecule has 0 amide bonds. The van der Waals surface area contributed by atoms with Crippen LogP contribution in [0.15, 0.2) is 9.59 Å². The van der Waals surface area contributed by atoms with Crippen molar-refractivity contribution in [2.24, 2.45) is 0 Å². The summed E-state index contributed by atoms with van der Waals surface area (Å²) < 4.78 is 0. The van der Waals surface area contributed by atoms with Crippen molar-refractivity contribution in [3.8, 4) is 0 Å². The number of carbonyl (C=O) groups is 1. The molecule has 0 spiro atoms. The van der Waals surface area contributed by atoms with Gasteiger partial charge in [-0.05, 0) is 13.3 Å².